The highest BCUT2D eigenvalue weighted by molar-refractivity contribution is 9.10. The monoisotopic (exact) mass is 325 g/mol. The van der Waals surface area contributed by atoms with Gasteiger partial charge in [-0.05, 0) is 28.8 Å². The molecule has 1 aromatic heterocycles. The lowest BCUT2D eigenvalue weighted by Gasteiger charge is -2.22. The molecule has 0 atom stereocenters. The van der Waals surface area contributed by atoms with Crippen molar-refractivity contribution in [1.82, 2.24) is 9.97 Å². The molecule has 1 saturated carbocycles. The van der Waals surface area contributed by atoms with E-state index in [1.165, 1.54) is 44.9 Å². The Hall–Kier alpha value is -0.640. The maximum absolute atomic E-state index is 4.63. The second-order valence-electron chi connectivity index (χ2n) is 5.78. The third kappa shape index (κ3) is 4.75. The number of halogens is 1. The average molecular weight is 326 g/mol. The maximum atomic E-state index is 4.63. The van der Waals surface area contributed by atoms with E-state index in [-0.39, 0.29) is 0 Å². The molecule has 1 aliphatic rings. The van der Waals surface area contributed by atoms with Crippen molar-refractivity contribution in [3.63, 3.8) is 0 Å². The van der Waals surface area contributed by atoms with Crippen LogP contribution in [0, 0.1) is 0 Å². The highest BCUT2D eigenvalue weighted by Gasteiger charge is 2.13. The van der Waals surface area contributed by atoms with E-state index in [9.17, 15) is 0 Å². The quantitative estimate of drug-likeness (QED) is 0.804. The van der Waals surface area contributed by atoms with Crippen molar-refractivity contribution in [3.8, 4) is 0 Å². The zero-order valence-electron chi connectivity index (χ0n) is 12.0. The van der Waals surface area contributed by atoms with Crippen molar-refractivity contribution in [2.45, 2.75) is 70.8 Å². The average Bonchev–Trinajstić information content (AvgIpc) is 2.31. The van der Waals surface area contributed by atoms with Crippen LogP contribution >= 0.6 is 15.9 Å². The summed E-state index contributed by atoms with van der Waals surface area (Å²) in [5, 5.41) is 3.60. The fraction of sp³-hybridized carbons (Fsp3) is 0.733. The maximum Gasteiger partial charge on any atom is 0.134 e. The molecule has 1 fully saturated rings. The largest absolute Gasteiger partial charge is 0.367 e. The Bertz CT molecular complexity index is 398. The fourth-order valence-electron chi connectivity index (χ4n) is 2.58. The molecule has 106 valence electrons. The minimum atomic E-state index is 0.357. The highest BCUT2D eigenvalue weighted by atomic mass is 79.9. The van der Waals surface area contributed by atoms with Crippen molar-refractivity contribution in [2.75, 3.05) is 5.32 Å². The molecule has 1 N–H and O–H groups in total. The van der Waals surface area contributed by atoms with Crippen LogP contribution in [0.3, 0.4) is 0 Å². The summed E-state index contributed by atoms with van der Waals surface area (Å²) in [5.74, 6) is 2.23. The van der Waals surface area contributed by atoms with Gasteiger partial charge in [0.05, 0.1) is 0 Å². The lowest BCUT2D eigenvalue weighted by atomic mass is 9.97. The summed E-state index contributed by atoms with van der Waals surface area (Å²) in [6.07, 6.45) is 9.36. The smallest absolute Gasteiger partial charge is 0.134 e. The Morgan fingerprint density at radius 1 is 1.11 bits per heavy atom. The zero-order chi connectivity index (χ0) is 13.7. The van der Waals surface area contributed by atoms with Gasteiger partial charge < -0.3 is 5.32 Å². The van der Waals surface area contributed by atoms with Gasteiger partial charge in [0, 0.05) is 18.0 Å². The lowest BCUT2D eigenvalue weighted by Crippen LogP contribution is -2.21. The van der Waals surface area contributed by atoms with Gasteiger partial charge in [-0.15, -0.1) is 0 Å². The van der Waals surface area contributed by atoms with Crippen LogP contribution in [0.25, 0.3) is 0 Å². The molecule has 0 aliphatic heterocycles. The minimum Gasteiger partial charge on any atom is -0.367 e. The summed E-state index contributed by atoms with van der Waals surface area (Å²) >= 11 is 3.48. The molecule has 0 amide bonds. The topological polar surface area (TPSA) is 37.8 Å². The van der Waals surface area contributed by atoms with Crippen LogP contribution < -0.4 is 5.32 Å². The molecule has 0 aromatic carbocycles. The number of anilines is 1. The van der Waals surface area contributed by atoms with Crippen LogP contribution in [-0.2, 0) is 0 Å². The molecule has 2 rings (SSSR count). The van der Waals surface area contributed by atoms with Gasteiger partial charge in [-0.2, -0.15) is 0 Å². The van der Waals surface area contributed by atoms with Crippen molar-refractivity contribution in [1.29, 1.82) is 0 Å². The summed E-state index contributed by atoms with van der Waals surface area (Å²) in [6, 6.07) is 2.56. The predicted octanol–water partition coefficient (Wildman–Crippen LogP) is 4.89. The minimum absolute atomic E-state index is 0.357. The van der Waals surface area contributed by atoms with Gasteiger partial charge in [0.2, 0.25) is 0 Å². The Balaban J connectivity index is 2.04. The van der Waals surface area contributed by atoms with E-state index in [2.05, 4.69) is 45.1 Å². The predicted molar refractivity (Wildman–Crippen MR) is 83.6 cm³/mol. The molecular weight excluding hydrogens is 302 g/mol. The van der Waals surface area contributed by atoms with Crippen LogP contribution in [0.2, 0.25) is 0 Å². The molecule has 0 radical (unpaired) electrons. The van der Waals surface area contributed by atoms with Crippen LogP contribution in [0.5, 0.6) is 0 Å². The molecule has 4 heteroatoms. The molecule has 0 bridgehead atoms. The van der Waals surface area contributed by atoms with Crippen LogP contribution in [0.1, 0.15) is 70.5 Å². The first-order valence-electron chi connectivity index (χ1n) is 7.46. The van der Waals surface area contributed by atoms with E-state index < -0.39 is 0 Å². The molecular formula is C15H24BrN3. The normalized spacial score (nSPS) is 18.1. The van der Waals surface area contributed by atoms with Crippen molar-refractivity contribution in [2.24, 2.45) is 0 Å². The van der Waals surface area contributed by atoms with Crippen LogP contribution in [0.4, 0.5) is 5.82 Å². The van der Waals surface area contributed by atoms with Gasteiger partial charge in [-0.1, -0.05) is 46.0 Å². The summed E-state index contributed by atoms with van der Waals surface area (Å²) in [7, 11) is 0. The first-order chi connectivity index (χ1) is 9.15. The second-order valence-corrected chi connectivity index (χ2v) is 6.59. The number of rotatable bonds is 3. The number of nitrogens with one attached hydrogen (secondary N) is 1. The Kier molecular flexibility index (Phi) is 5.61. The third-order valence-corrected chi connectivity index (χ3v) is 4.09. The van der Waals surface area contributed by atoms with Gasteiger partial charge >= 0.3 is 0 Å². The second kappa shape index (κ2) is 7.22. The SMILES string of the molecule is CC(C)c1nc(Br)cc(NC2CCCCCCC2)n1. The number of hydrogen-bond acceptors (Lipinski definition) is 3. The summed E-state index contributed by atoms with van der Waals surface area (Å²) < 4.78 is 0.875. The van der Waals surface area contributed by atoms with Gasteiger partial charge in [-0.3, -0.25) is 0 Å². The zero-order valence-corrected chi connectivity index (χ0v) is 13.5. The molecule has 19 heavy (non-hydrogen) atoms. The van der Waals surface area contributed by atoms with E-state index >= 15 is 0 Å². The molecule has 0 spiro atoms. The fourth-order valence-corrected chi connectivity index (χ4v) is 2.98. The third-order valence-electron chi connectivity index (χ3n) is 3.69. The van der Waals surface area contributed by atoms with Crippen molar-refractivity contribution >= 4 is 21.7 Å². The lowest BCUT2D eigenvalue weighted by molar-refractivity contribution is 0.470. The molecule has 0 unspecified atom stereocenters. The van der Waals surface area contributed by atoms with Crippen LogP contribution in [0.15, 0.2) is 10.7 Å². The van der Waals surface area contributed by atoms with E-state index in [1.54, 1.807) is 0 Å². The van der Waals surface area contributed by atoms with Gasteiger partial charge in [0.25, 0.3) is 0 Å². The summed E-state index contributed by atoms with van der Waals surface area (Å²) in [6.45, 7) is 4.25. The van der Waals surface area contributed by atoms with E-state index in [4.69, 9.17) is 0 Å². The first-order valence-corrected chi connectivity index (χ1v) is 8.25. The van der Waals surface area contributed by atoms with E-state index in [1.807, 2.05) is 6.07 Å². The molecule has 0 saturated heterocycles. The highest BCUT2D eigenvalue weighted by Crippen LogP contribution is 2.22. The standard InChI is InChI=1S/C15H24BrN3/c1-11(2)15-18-13(16)10-14(19-15)17-12-8-6-4-3-5-7-9-12/h10-12H,3-9H2,1-2H3,(H,17,18,19). The summed E-state index contributed by atoms with van der Waals surface area (Å²) in [5.41, 5.74) is 0. The molecule has 1 aromatic rings. The molecule has 1 heterocycles. The van der Waals surface area contributed by atoms with Gasteiger partial charge in [0.1, 0.15) is 16.2 Å². The van der Waals surface area contributed by atoms with Gasteiger partial charge in [0.15, 0.2) is 0 Å². The van der Waals surface area contributed by atoms with E-state index in [0.29, 0.717) is 12.0 Å². The van der Waals surface area contributed by atoms with Crippen LogP contribution in [-0.4, -0.2) is 16.0 Å². The Morgan fingerprint density at radius 2 is 1.74 bits per heavy atom. The number of hydrogen-bond donors (Lipinski definition) is 1. The van der Waals surface area contributed by atoms with Crippen molar-refractivity contribution < 1.29 is 0 Å². The van der Waals surface area contributed by atoms with E-state index in [0.717, 1.165) is 16.2 Å². The summed E-state index contributed by atoms with van der Waals surface area (Å²) in [4.78, 5) is 9.05. The first kappa shape index (κ1) is 14.8. The van der Waals surface area contributed by atoms with Crippen molar-refractivity contribution in [3.05, 3.63) is 16.5 Å². The Morgan fingerprint density at radius 3 is 2.37 bits per heavy atom. The number of aromatic nitrogens is 2. The van der Waals surface area contributed by atoms with Gasteiger partial charge in [-0.25, -0.2) is 9.97 Å². The Labute approximate surface area is 124 Å². The molecule has 1 aliphatic carbocycles. The molecule has 3 nitrogen and oxygen atoms in total. The number of nitrogens with zero attached hydrogens (tertiary/aromatic N) is 2.